The fourth-order valence-electron chi connectivity index (χ4n) is 1.43. The number of carbonyl (C=O) groups excluding carboxylic acids is 2. The molecule has 20 heavy (non-hydrogen) atoms. The number of carbonyl (C=O) groups is 2. The summed E-state index contributed by atoms with van der Waals surface area (Å²) in [4.78, 5) is 32.2. The van der Waals surface area contributed by atoms with Gasteiger partial charge in [-0.05, 0) is 24.6 Å². The highest BCUT2D eigenvalue weighted by Gasteiger charge is 2.17. The van der Waals surface area contributed by atoms with Crippen LogP contribution >= 0.6 is 0 Å². The van der Waals surface area contributed by atoms with Crippen LogP contribution in [0.4, 0.5) is 11.4 Å². The number of nitrogens with one attached hydrogen (secondary N) is 1. The van der Waals surface area contributed by atoms with Gasteiger partial charge in [0.1, 0.15) is 11.4 Å². The van der Waals surface area contributed by atoms with Crippen LogP contribution in [0.25, 0.3) is 0 Å². The third-order valence-electron chi connectivity index (χ3n) is 2.29. The number of nitro groups is 1. The molecule has 1 N–H and O–H groups in total. The molecule has 8 nitrogen and oxygen atoms in total. The molecular weight excluding hydrogens is 268 g/mol. The molecule has 1 rings (SSSR count). The Hall–Kier alpha value is -2.90. The summed E-state index contributed by atoms with van der Waals surface area (Å²) in [7, 11) is 1.05. The quantitative estimate of drug-likeness (QED) is 0.351. The van der Waals surface area contributed by atoms with Gasteiger partial charge in [-0.25, -0.2) is 4.79 Å². The summed E-state index contributed by atoms with van der Waals surface area (Å²) in [5.74, 6) is -2.61. The van der Waals surface area contributed by atoms with E-state index in [0.717, 1.165) is 7.11 Å². The van der Waals surface area contributed by atoms with Crippen LogP contribution in [0, 0.1) is 17.0 Å². The Bertz CT molecular complexity index is 594. The van der Waals surface area contributed by atoms with Crippen molar-refractivity contribution in [3.05, 3.63) is 45.6 Å². The molecule has 8 heteroatoms. The van der Waals surface area contributed by atoms with Gasteiger partial charge in [0.2, 0.25) is 0 Å². The van der Waals surface area contributed by atoms with Crippen LogP contribution in [0.15, 0.2) is 30.0 Å². The molecule has 0 fully saturated rings. The molecule has 0 aliphatic carbocycles. The number of hydrogen-bond acceptors (Lipinski definition) is 7. The predicted octanol–water partition coefficient (Wildman–Crippen LogP) is 0.122. The lowest BCUT2D eigenvalue weighted by Crippen LogP contribution is -2.23. The minimum atomic E-state index is -1.63. The number of rotatable bonds is 5. The first kappa shape index (κ1) is 15.2. The highest BCUT2D eigenvalue weighted by molar-refractivity contribution is 5.98. The zero-order valence-electron chi connectivity index (χ0n) is 10.7. The summed E-state index contributed by atoms with van der Waals surface area (Å²) in [5, 5.41) is 23.8. The highest BCUT2D eigenvalue weighted by atomic mass is 16.6. The van der Waals surface area contributed by atoms with Crippen molar-refractivity contribution in [2.45, 2.75) is 6.92 Å². The van der Waals surface area contributed by atoms with Gasteiger partial charge < -0.3 is 20.0 Å². The number of nitrogens with zero attached hydrogens (tertiary/aromatic N) is 1. The lowest BCUT2D eigenvalue weighted by Gasteiger charge is -2.10. The lowest BCUT2D eigenvalue weighted by atomic mass is 10.2. The maximum Gasteiger partial charge on any atom is 0.354 e. The van der Waals surface area contributed by atoms with Crippen molar-refractivity contribution < 1.29 is 24.4 Å². The third kappa shape index (κ3) is 3.80. The molecule has 1 aromatic rings. The van der Waals surface area contributed by atoms with Crippen LogP contribution < -0.4 is 10.4 Å². The SMILES string of the molecule is COC(=O)C(=CC(=O)[O-])Nc1cc(C)ccc1[N+](=O)[O-]. The average Bonchev–Trinajstić information content (AvgIpc) is 2.36. The Balaban J connectivity index is 3.23. The van der Waals surface area contributed by atoms with E-state index in [0.29, 0.717) is 11.6 Å². The summed E-state index contributed by atoms with van der Waals surface area (Å²) in [5.41, 5.74) is -0.103. The summed E-state index contributed by atoms with van der Waals surface area (Å²) < 4.78 is 4.39. The van der Waals surface area contributed by atoms with Crippen molar-refractivity contribution in [3.63, 3.8) is 0 Å². The molecule has 0 atom stereocenters. The van der Waals surface area contributed by atoms with Crippen LogP contribution in [0.3, 0.4) is 0 Å². The second-order valence-electron chi connectivity index (χ2n) is 3.77. The standard InChI is InChI=1S/C12H12N2O6/c1-7-3-4-10(14(18)19)8(5-7)13-9(6-11(15)16)12(17)20-2/h3-6,13H,1-2H3,(H,15,16)/p-1. The fraction of sp³-hybridized carbons (Fsp3) is 0.167. The van der Waals surface area contributed by atoms with Gasteiger partial charge in [-0.15, -0.1) is 0 Å². The van der Waals surface area contributed by atoms with E-state index in [2.05, 4.69) is 10.1 Å². The van der Waals surface area contributed by atoms with Gasteiger partial charge in [-0.3, -0.25) is 10.1 Å². The Kier molecular flexibility index (Phi) is 4.79. The second kappa shape index (κ2) is 6.32. The first-order chi connectivity index (χ1) is 9.35. The number of methoxy groups -OCH3 is 1. The second-order valence-corrected chi connectivity index (χ2v) is 3.77. The van der Waals surface area contributed by atoms with Gasteiger partial charge in [0, 0.05) is 6.07 Å². The molecule has 1 aromatic carbocycles. The number of carboxylic acids is 1. The fourth-order valence-corrected chi connectivity index (χ4v) is 1.43. The molecule has 0 spiro atoms. The molecule has 0 aliphatic heterocycles. The zero-order valence-corrected chi connectivity index (χ0v) is 10.7. The first-order valence-electron chi connectivity index (χ1n) is 5.38. The monoisotopic (exact) mass is 279 g/mol. The van der Waals surface area contributed by atoms with Gasteiger partial charge in [0.05, 0.1) is 18.0 Å². The first-order valence-corrected chi connectivity index (χ1v) is 5.38. The van der Waals surface area contributed by atoms with Crippen molar-refractivity contribution in [3.8, 4) is 0 Å². The molecule has 0 bridgehead atoms. The van der Waals surface area contributed by atoms with E-state index in [-0.39, 0.29) is 11.4 Å². The topological polar surface area (TPSA) is 122 Å². The van der Waals surface area contributed by atoms with Crippen LogP contribution in [-0.4, -0.2) is 24.0 Å². The van der Waals surface area contributed by atoms with E-state index in [4.69, 9.17) is 0 Å². The van der Waals surface area contributed by atoms with E-state index in [1.807, 2.05) is 0 Å². The molecular formula is C12H11N2O6-. The van der Waals surface area contributed by atoms with Gasteiger partial charge in [-0.1, -0.05) is 6.07 Å². The zero-order chi connectivity index (χ0) is 15.3. The Morgan fingerprint density at radius 1 is 1.40 bits per heavy atom. The highest BCUT2D eigenvalue weighted by Crippen LogP contribution is 2.26. The molecule has 0 amide bonds. The number of benzene rings is 1. The number of nitro benzene ring substituents is 1. The molecule has 0 heterocycles. The summed E-state index contributed by atoms with van der Waals surface area (Å²) in [6.45, 7) is 1.69. The number of ether oxygens (including phenoxy) is 1. The predicted molar refractivity (Wildman–Crippen MR) is 66.6 cm³/mol. The maximum atomic E-state index is 11.4. The number of anilines is 1. The van der Waals surface area contributed by atoms with E-state index < -0.39 is 22.6 Å². The molecule has 0 aliphatic rings. The molecule has 0 saturated carbocycles. The molecule has 0 radical (unpaired) electrons. The van der Waals surface area contributed by atoms with Gasteiger partial charge in [0.25, 0.3) is 5.69 Å². The molecule has 0 unspecified atom stereocenters. The van der Waals surface area contributed by atoms with Crippen molar-refractivity contribution in [1.29, 1.82) is 0 Å². The van der Waals surface area contributed by atoms with Crippen LogP contribution in [0.2, 0.25) is 0 Å². The van der Waals surface area contributed by atoms with Gasteiger partial charge in [0.15, 0.2) is 0 Å². The van der Waals surface area contributed by atoms with Gasteiger partial charge in [-0.2, -0.15) is 0 Å². The number of aryl methyl sites for hydroxylation is 1. The largest absolute Gasteiger partial charge is 0.545 e. The van der Waals surface area contributed by atoms with E-state index in [1.54, 1.807) is 6.92 Å². The van der Waals surface area contributed by atoms with Crippen LogP contribution in [0.1, 0.15) is 5.56 Å². The number of esters is 1. The number of carboxylic acid groups (broad SMARTS) is 1. The van der Waals surface area contributed by atoms with Gasteiger partial charge >= 0.3 is 5.97 Å². The van der Waals surface area contributed by atoms with Crippen LogP contribution in [0.5, 0.6) is 0 Å². The normalized spacial score (nSPS) is 10.8. The third-order valence-corrected chi connectivity index (χ3v) is 2.29. The molecule has 0 aromatic heterocycles. The summed E-state index contributed by atoms with van der Waals surface area (Å²) >= 11 is 0. The Labute approximate surface area is 113 Å². The molecule has 0 saturated heterocycles. The van der Waals surface area contributed by atoms with Crippen molar-refractivity contribution >= 4 is 23.3 Å². The maximum absolute atomic E-state index is 11.4. The van der Waals surface area contributed by atoms with Crippen LogP contribution in [-0.2, 0) is 14.3 Å². The number of hydrogen-bond donors (Lipinski definition) is 1. The van der Waals surface area contributed by atoms with Crippen molar-refractivity contribution in [1.82, 2.24) is 0 Å². The average molecular weight is 279 g/mol. The summed E-state index contributed by atoms with van der Waals surface area (Å²) in [6, 6.07) is 4.17. The van der Waals surface area contributed by atoms with E-state index >= 15 is 0 Å². The Morgan fingerprint density at radius 3 is 2.55 bits per heavy atom. The Morgan fingerprint density at radius 2 is 2.05 bits per heavy atom. The number of aliphatic carboxylic acids is 1. The van der Waals surface area contributed by atoms with Crippen molar-refractivity contribution in [2.24, 2.45) is 0 Å². The molecule has 106 valence electrons. The van der Waals surface area contributed by atoms with E-state index in [9.17, 15) is 24.8 Å². The minimum absolute atomic E-state index is 0.0205. The van der Waals surface area contributed by atoms with E-state index in [1.165, 1.54) is 18.2 Å². The minimum Gasteiger partial charge on any atom is -0.545 e. The van der Waals surface area contributed by atoms with Crippen molar-refractivity contribution in [2.75, 3.05) is 12.4 Å². The summed E-state index contributed by atoms with van der Waals surface area (Å²) in [6.07, 6.45) is 0.470. The smallest absolute Gasteiger partial charge is 0.354 e. The lowest BCUT2D eigenvalue weighted by molar-refractivity contribution is -0.383.